The molecule has 9 heteroatoms. The lowest BCUT2D eigenvalue weighted by Gasteiger charge is -2.14. The fraction of sp³-hybridized carbons (Fsp3) is 0.125. The predicted octanol–water partition coefficient (Wildman–Crippen LogP) is 5.09. The number of amides is 1. The van der Waals surface area contributed by atoms with Crippen molar-refractivity contribution in [3.8, 4) is 17.2 Å². The molecule has 0 radical (unpaired) electrons. The van der Waals surface area contributed by atoms with Crippen molar-refractivity contribution < 1.29 is 27.4 Å². The van der Waals surface area contributed by atoms with Gasteiger partial charge in [0.25, 0.3) is 5.91 Å². The number of hydrogen-bond acceptors (Lipinski definition) is 5. The van der Waals surface area contributed by atoms with Crippen LogP contribution in [0.4, 0.5) is 13.2 Å². The molecule has 2 aromatic heterocycles. The monoisotopic (exact) mass is 453 g/mol. The summed E-state index contributed by atoms with van der Waals surface area (Å²) in [5.41, 5.74) is 1.38. The lowest BCUT2D eigenvalue weighted by Crippen LogP contribution is -2.24. The molecule has 0 saturated carbocycles. The van der Waals surface area contributed by atoms with E-state index in [0.717, 1.165) is 12.1 Å². The molecule has 0 spiro atoms. The normalized spacial score (nSPS) is 10.8. The molecule has 4 aromatic rings. The first-order valence-electron chi connectivity index (χ1n) is 9.85. The van der Waals surface area contributed by atoms with E-state index in [-0.39, 0.29) is 23.2 Å². The highest BCUT2D eigenvalue weighted by Gasteiger charge is 2.16. The van der Waals surface area contributed by atoms with Gasteiger partial charge in [-0.1, -0.05) is 6.07 Å². The summed E-state index contributed by atoms with van der Waals surface area (Å²) in [6, 6.07) is 11.3. The van der Waals surface area contributed by atoms with Gasteiger partial charge in [-0.05, 0) is 42.8 Å². The smallest absolute Gasteiger partial charge is 0.251 e. The summed E-state index contributed by atoms with van der Waals surface area (Å²) in [5.74, 6) is -2.08. The van der Waals surface area contributed by atoms with Gasteiger partial charge in [-0.2, -0.15) is 13.8 Å². The molecule has 0 atom stereocenters. The van der Waals surface area contributed by atoms with Crippen LogP contribution in [-0.4, -0.2) is 23.0 Å². The maximum Gasteiger partial charge on any atom is 0.251 e. The Morgan fingerprint density at radius 2 is 1.79 bits per heavy atom. The Morgan fingerprint density at radius 3 is 2.52 bits per heavy atom. The largest absolute Gasteiger partial charge is 0.497 e. The maximum atomic E-state index is 14.7. The van der Waals surface area contributed by atoms with Crippen LogP contribution in [0.2, 0.25) is 0 Å². The number of aromatic nitrogens is 2. The number of pyridine rings is 2. The third-order valence-corrected chi connectivity index (χ3v) is 4.99. The van der Waals surface area contributed by atoms with E-state index < -0.39 is 23.6 Å². The van der Waals surface area contributed by atoms with E-state index >= 15 is 0 Å². The number of carbonyl (C=O) groups excluding carboxylic acids is 1. The number of halogens is 3. The average Bonchev–Trinajstić information content (AvgIpc) is 2.78. The molecule has 0 bridgehead atoms. The highest BCUT2D eigenvalue weighted by atomic mass is 19.1. The van der Waals surface area contributed by atoms with Gasteiger partial charge >= 0.3 is 0 Å². The molecule has 0 aliphatic carbocycles. The van der Waals surface area contributed by atoms with Crippen LogP contribution in [0.15, 0.2) is 54.7 Å². The van der Waals surface area contributed by atoms with Crippen molar-refractivity contribution in [3.05, 3.63) is 89.1 Å². The number of benzene rings is 2. The van der Waals surface area contributed by atoms with Crippen molar-refractivity contribution in [2.75, 3.05) is 7.11 Å². The molecule has 0 unspecified atom stereocenters. The fourth-order valence-electron chi connectivity index (χ4n) is 3.37. The van der Waals surface area contributed by atoms with Gasteiger partial charge in [0.2, 0.25) is 11.9 Å². The van der Waals surface area contributed by atoms with Crippen LogP contribution in [0.3, 0.4) is 0 Å². The second-order valence-electron chi connectivity index (χ2n) is 7.15. The number of nitrogens with one attached hydrogen (secondary N) is 1. The Bertz CT molecular complexity index is 1340. The number of methoxy groups -OCH3 is 1. The van der Waals surface area contributed by atoms with Crippen molar-refractivity contribution in [1.82, 2.24) is 15.3 Å². The first-order chi connectivity index (χ1) is 15.9. The Kier molecular flexibility index (Phi) is 6.12. The van der Waals surface area contributed by atoms with E-state index in [1.807, 2.05) is 0 Å². The lowest BCUT2D eigenvalue weighted by molar-refractivity contribution is 0.0949. The molecule has 2 heterocycles. The maximum absolute atomic E-state index is 14.7. The molecular formula is C24H18F3N3O3. The van der Waals surface area contributed by atoms with Crippen molar-refractivity contribution >= 4 is 16.8 Å². The molecule has 0 aliphatic rings. The van der Waals surface area contributed by atoms with Crippen LogP contribution in [0.25, 0.3) is 10.9 Å². The van der Waals surface area contributed by atoms with Gasteiger partial charge in [0.1, 0.15) is 23.1 Å². The minimum atomic E-state index is -0.972. The third-order valence-electron chi connectivity index (χ3n) is 4.99. The Balaban J connectivity index is 1.59. The van der Waals surface area contributed by atoms with Crippen molar-refractivity contribution in [3.63, 3.8) is 0 Å². The van der Waals surface area contributed by atoms with Crippen LogP contribution in [-0.2, 0) is 6.54 Å². The molecule has 0 saturated heterocycles. The number of nitrogens with zero attached hydrogens (tertiary/aromatic N) is 2. The van der Waals surface area contributed by atoms with Gasteiger partial charge in [0.05, 0.1) is 18.0 Å². The standard InChI is InChI=1S/C24H18F3N3O3/c1-13-16(24(31)29-12-14-8-21(26)30-22(27)9-14)4-3-5-19(13)33-20-6-7-28-18-11-15(32-2)10-17(25)23(18)20/h3-11H,12H2,1-2H3,(H,29,31). The highest BCUT2D eigenvalue weighted by Crippen LogP contribution is 2.35. The summed E-state index contributed by atoms with van der Waals surface area (Å²) in [7, 11) is 1.43. The highest BCUT2D eigenvalue weighted by molar-refractivity contribution is 5.96. The Labute approximate surface area is 187 Å². The Morgan fingerprint density at radius 1 is 1.03 bits per heavy atom. The molecule has 2 aromatic carbocycles. The molecular weight excluding hydrogens is 435 g/mol. The molecule has 0 aliphatic heterocycles. The van der Waals surface area contributed by atoms with E-state index in [2.05, 4.69) is 15.3 Å². The van der Waals surface area contributed by atoms with Crippen molar-refractivity contribution in [2.45, 2.75) is 13.5 Å². The van der Waals surface area contributed by atoms with Gasteiger partial charge in [0, 0.05) is 36.0 Å². The number of ether oxygens (including phenoxy) is 2. The lowest BCUT2D eigenvalue weighted by atomic mass is 10.1. The number of fused-ring (bicyclic) bond motifs is 1. The topological polar surface area (TPSA) is 73.3 Å². The summed E-state index contributed by atoms with van der Waals surface area (Å²) in [5, 5.41) is 2.79. The third kappa shape index (κ3) is 4.72. The molecule has 0 fully saturated rings. The van der Waals surface area contributed by atoms with Crippen LogP contribution in [0, 0.1) is 24.6 Å². The predicted molar refractivity (Wildman–Crippen MR) is 115 cm³/mol. The zero-order valence-electron chi connectivity index (χ0n) is 17.7. The molecule has 33 heavy (non-hydrogen) atoms. The second-order valence-corrected chi connectivity index (χ2v) is 7.15. The minimum absolute atomic E-state index is 0.0955. The van der Waals surface area contributed by atoms with Gasteiger partial charge in [-0.25, -0.2) is 4.39 Å². The zero-order chi connectivity index (χ0) is 23.5. The summed E-state index contributed by atoms with van der Waals surface area (Å²) in [6.07, 6.45) is 1.48. The second kappa shape index (κ2) is 9.15. The van der Waals surface area contributed by atoms with E-state index in [1.165, 1.54) is 25.4 Å². The first-order valence-corrected chi connectivity index (χ1v) is 9.85. The molecule has 6 nitrogen and oxygen atoms in total. The van der Waals surface area contributed by atoms with Gasteiger partial charge in [-0.3, -0.25) is 9.78 Å². The van der Waals surface area contributed by atoms with Crippen LogP contribution in [0.5, 0.6) is 17.2 Å². The van der Waals surface area contributed by atoms with E-state index in [9.17, 15) is 18.0 Å². The first kappa shape index (κ1) is 22.1. The summed E-state index contributed by atoms with van der Waals surface area (Å²) in [6.45, 7) is 1.58. The molecule has 168 valence electrons. The number of hydrogen-bond donors (Lipinski definition) is 1. The number of rotatable bonds is 6. The van der Waals surface area contributed by atoms with Crippen molar-refractivity contribution in [1.29, 1.82) is 0 Å². The average molecular weight is 453 g/mol. The Hall–Kier alpha value is -4.14. The van der Waals surface area contributed by atoms with Gasteiger partial charge in [-0.15, -0.1) is 0 Å². The molecule has 1 amide bonds. The molecule has 1 N–H and O–H groups in total. The van der Waals surface area contributed by atoms with E-state index in [1.54, 1.807) is 31.2 Å². The van der Waals surface area contributed by atoms with Crippen LogP contribution < -0.4 is 14.8 Å². The van der Waals surface area contributed by atoms with E-state index in [4.69, 9.17) is 9.47 Å². The van der Waals surface area contributed by atoms with Gasteiger partial charge in [0.15, 0.2) is 0 Å². The van der Waals surface area contributed by atoms with Gasteiger partial charge < -0.3 is 14.8 Å². The molecule has 4 rings (SSSR count). The SMILES string of the molecule is COc1cc(F)c2c(Oc3cccc(C(=O)NCc4cc(F)nc(F)c4)c3C)ccnc2c1. The fourth-order valence-corrected chi connectivity index (χ4v) is 3.37. The van der Waals surface area contributed by atoms with E-state index in [0.29, 0.717) is 28.1 Å². The van der Waals surface area contributed by atoms with Crippen molar-refractivity contribution in [2.24, 2.45) is 0 Å². The van der Waals surface area contributed by atoms with Crippen LogP contribution in [0.1, 0.15) is 21.5 Å². The summed E-state index contributed by atoms with van der Waals surface area (Å²) < 4.78 is 52.3. The summed E-state index contributed by atoms with van der Waals surface area (Å²) >= 11 is 0. The van der Waals surface area contributed by atoms with Crippen LogP contribution >= 0.6 is 0 Å². The quantitative estimate of drug-likeness (QED) is 0.412. The zero-order valence-corrected chi connectivity index (χ0v) is 17.7. The minimum Gasteiger partial charge on any atom is -0.497 e. The summed E-state index contributed by atoms with van der Waals surface area (Å²) in [4.78, 5) is 19.9. The number of carbonyl (C=O) groups is 1.